The minimum absolute atomic E-state index is 0.0480. The maximum Gasteiger partial charge on any atom is 0.318 e. The molecule has 2 aromatic rings. The molecule has 1 atom stereocenters. The minimum atomic E-state index is -3.74. The first kappa shape index (κ1) is 16.9. The third-order valence-corrected chi connectivity index (χ3v) is 5.94. The number of benzene rings is 1. The molecule has 0 unspecified atom stereocenters. The lowest BCUT2D eigenvalue weighted by Gasteiger charge is -2.24. The molecule has 2 amide bonds. The van der Waals surface area contributed by atoms with Crippen molar-refractivity contribution in [2.75, 3.05) is 6.54 Å². The van der Waals surface area contributed by atoms with Gasteiger partial charge < -0.3 is 10.2 Å². The normalized spacial score (nSPS) is 17.9. The maximum absolute atomic E-state index is 12.5. The van der Waals surface area contributed by atoms with Gasteiger partial charge in [-0.05, 0) is 42.0 Å². The number of hydrogen-bond acceptors (Lipinski definition) is 4. The SMILES string of the molecule is NS(=O)(=O)c1cccc(CNC(=O)N2CCC[C@@H]2c2cccs2)c1. The number of nitrogens with one attached hydrogen (secondary N) is 1. The minimum Gasteiger partial charge on any atom is -0.334 e. The summed E-state index contributed by atoms with van der Waals surface area (Å²) in [7, 11) is -3.74. The second-order valence-corrected chi connectivity index (χ2v) is 8.26. The Labute approximate surface area is 145 Å². The number of amides is 2. The van der Waals surface area contributed by atoms with Crippen LogP contribution in [0.15, 0.2) is 46.7 Å². The summed E-state index contributed by atoms with van der Waals surface area (Å²) in [4.78, 5) is 15.6. The molecule has 24 heavy (non-hydrogen) atoms. The van der Waals surface area contributed by atoms with Crippen LogP contribution >= 0.6 is 11.3 Å². The smallest absolute Gasteiger partial charge is 0.318 e. The number of urea groups is 1. The molecular formula is C16H19N3O3S2. The van der Waals surface area contributed by atoms with Gasteiger partial charge in [-0.1, -0.05) is 18.2 Å². The van der Waals surface area contributed by atoms with Gasteiger partial charge in [-0.2, -0.15) is 0 Å². The highest BCUT2D eigenvalue weighted by molar-refractivity contribution is 7.89. The summed E-state index contributed by atoms with van der Waals surface area (Å²) in [6.45, 7) is 0.988. The average molecular weight is 365 g/mol. The fourth-order valence-corrected chi connectivity index (χ4v) is 4.36. The fourth-order valence-electron chi connectivity index (χ4n) is 2.90. The van der Waals surface area contributed by atoms with Gasteiger partial charge in [-0.3, -0.25) is 0 Å². The third kappa shape index (κ3) is 3.77. The lowest BCUT2D eigenvalue weighted by molar-refractivity contribution is 0.193. The summed E-state index contributed by atoms with van der Waals surface area (Å²) in [5.74, 6) is 0. The molecule has 1 saturated heterocycles. The van der Waals surface area contributed by atoms with Crippen LogP contribution in [0, 0.1) is 0 Å². The van der Waals surface area contributed by atoms with Crippen molar-refractivity contribution >= 4 is 27.4 Å². The Morgan fingerprint density at radius 1 is 1.33 bits per heavy atom. The highest BCUT2D eigenvalue weighted by atomic mass is 32.2. The van der Waals surface area contributed by atoms with Gasteiger partial charge in [0.05, 0.1) is 10.9 Å². The lowest BCUT2D eigenvalue weighted by atomic mass is 10.2. The van der Waals surface area contributed by atoms with Crippen LogP contribution in [0.3, 0.4) is 0 Å². The lowest BCUT2D eigenvalue weighted by Crippen LogP contribution is -2.38. The average Bonchev–Trinajstić information content (AvgIpc) is 3.22. The molecule has 128 valence electrons. The fraction of sp³-hybridized carbons (Fsp3) is 0.312. The summed E-state index contributed by atoms with van der Waals surface area (Å²) in [6.07, 6.45) is 1.95. The van der Waals surface area contributed by atoms with Crippen molar-refractivity contribution in [3.05, 3.63) is 52.2 Å². The van der Waals surface area contributed by atoms with E-state index in [9.17, 15) is 13.2 Å². The van der Waals surface area contributed by atoms with Crippen molar-refractivity contribution < 1.29 is 13.2 Å². The number of nitrogens with zero attached hydrogens (tertiary/aromatic N) is 1. The first-order chi connectivity index (χ1) is 11.4. The first-order valence-corrected chi connectivity index (χ1v) is 10.1. The van der Waals surface area contributed by atoms with Crippen molar-refractivity contribution in [1.82, 2.24) is 10.2 Å². The van der Waals surface area contributed by atoms with Gasteiger partial charge in [0.25, 0.3) is 0 Å². The van der Waals surface area contributed by atoms with E-state index in [4.69, 9.17) is 5.14 Å². The molecule has 2 heterocycles. The summed E-state index contributed by atoms with van der Waals surface area (Å²) >= 11 is 1.66. The molecule has 1 fully saturated rings. The molecule has 3 N–H and O–H groups in total. The zero-order valence-electron chi connectivity index (χ0n) is 13.0. The molecule has 1 aliphatic rings. The van der Waals surface area contributed by atoms with Gasteiger partial charge >= 0.3 is 6.03 Å². The molecule has 6 nitrogen and oxygen atoms in total. The molecule has 1 aromatic heterocycles. The predicted octanol–water partition coefficient (Wildman–Crippen LogP) is 2.44. The van der Waals surface area contributed by atoms with Gasteiger partial charge in [0.2, 0.25) is 10.0 Å². The van der Waals surface area contributed by atoms with Crippen LogP contribution in [0.4, 0.5) is 4.79 Å². The molecule has 8 heteroatoms. The van der Waals surface area contributed by atoms with Crippen LogP contribution in [0.1, 0.15) is 29.3 Å². The molecule has 1 aliphatic heterocycles. The van der Waals surface area contributed by atoms with E-state index in [1.165, 1.54) is 17.0 Å². The largest absolute Gasteiger partial charge is 0.334 e. The van der Waals surface area contributed by atoms with Crippen LogP contribution < -0.4 is 10.5 Å². The predicted molar refractivity (Wildman–Crippen MR) is 93.1 cm³/mol. The number of carbonyl (C=O) groups excluding carboxylic acids is 1. The molecule has 0 bridgehead atoms. The number of primary sulfonamides is 1. The Kier molecular flexibility index (Phi) is 4.88. The number of sulfonamides is 1. The van der Waals surface area contributed by atoms with E-state index in [0.717, 1.165) is 19.4 Å². The zero-order chi connectivity index (χ0) is 17.2. The van der Waals surface area contributed by atoms with E-state index in [1.54, 1.807) is 23.5 Å². The van der Waals surface area contributed by atoms with E-state index < -0.39 is 10.0 Å². The van der Waals surface area contributed by atoms with Gasteiger partial charge in [0.15, 0.2) is 0 Å². The van der Waals surface area contributed by atoms with Crippen molar-refractivity contribution in [2.45, 2.75) is 30.3 Å². The molecule has 1 aromatic carbocycles. The third-order valence-electron chi connectivity index (χ3n) is 4.06. The first-order valence-electron chi connectivity index (χ1n) is 7.65. The van der Waals surface area contributed by atoms with E-state index in [1.807, 2.05) is 16.3 Å². The van der Waals surface area contributed by atoms with Crippen LogP contribution in [-0.2, 0) is 16.6 Å². The Balaban J connectivity index is 1.65. The molecule has 0 aliphatic carbocycles. The highest BCUT2D eigenvalue weighted by Crippen LogP contribution is 2.34. The van der Waals surface area contributed by atoms with Crippen LogP contribution in [-0.4, -0.2) is 25.9 Å². The monoisotopic (exact) mass is 365 g/mol. The highest BCUT2D eigenvalue weighted by Gasteiger charge is 2.30. The maximum atomic E-state index is 12.5. The van der Waals surface area contributed by atoms with Crippen molar-refractivity contribution in [2.24, 2.45) is 5.14 Å². The summed E-state index contributed by atoms with van der Waals surface area (Å²) in [6, 6.07) is 10.3. The number of thiophene rings is 1. The van der Waals surface area contributed by atoms with E-state index in [2.05, 4.69) is 11.4 Å². The number of carbonyl (C=O) groups is 1. The number of hydrogen-bond donors (Lipinski definition) is 2. The van der Waals surface area contributed by atoms with Crippen LogP contribution in [0.25, 0.3) is 0 Å². The topological polar surface area (TPSA) is 92.5 Å². The molecule has 3 rings (SSSR count). The van der Waals surface area contributed by atoms with Crippen LogP contribution in [0.5, 0.6) is 0 Å². The Hall–Kier alpha value is -1.90. The zero-order valence-corrected chi connectivity index (χ0v) is 14.6. The van der Waals surface area contributed by atoms with E-state index in [0.29, 0.717) is 5.56 Å². The van der Waals surface area contributed by atoms with Gasteiger partial charge in [-0.15, -0.1) is 11.3 Å². The number of rotatable bonds is 4. The summed E-state index contributed by atoms with van der Waals surface area (Å²) in [5.41, 5.74) is 0.696. The Bertz CT molecular complexity index is 819. The van der Waals surface area contributed by atoms with E-state index >= 15 is 0 Å². The molecule has 0 saturated carbocycles. The van der Waals surface area contributed by atoms with Crippen LogP contribution in [0.2, 0.25) is 0 Å². The van der Waals surface area contributed by atoms with Gasteiger partial charge in [0, 0.05) is 18.0 Å². The quantitative estimate of drug-likeness (QED) is 0.871. The molecule has 0 spiro atoms. The van der Waals surface area contributed by atoms with Gasteiger partial charge in [0.1, 0.15) is 0 Å². The van der Waals surface area contributed by atoms with Crippen molar-refractivity contribution in [3.63, 3.8) is 0 Å². The number of likely N-dealkylation sites (tertiary alicyclic amines) is 1. The summed E-state index contributed by atoms with van der Waals surface area (Å²) < 4.78 is 22.8. The standard InChI is InChI=1S/C16H19N3O3S2/c17-24(21,22)13-5-1-4-12(10-13)11-18-16(20)19-8-2-6-14(19)15-7-3-9-23-15/h1,3-5,7,9-10,14H,2,6,8,11H2,(H,18,20)(H2,17,21,22)/t14-/m1/s1. The summed E-state index contributed by atoms with van der Waals surface area (Å²) in [5, 5.41) is 10.0. The van der Waals surface area contributed by atoms with Crippen molar-refractivity contribution in [3.8, 4) is 0 Å². The molecular weight excluding hydrogens is 346 g/mol. The van der Waals surface area contributed by atoms with Gasteiger partial charge in [-0.25, -0.2) is 18.4 Å². The number of nitrogens with two attached hydrogens (primary N) is 1. The molecule has 0 radical (unpaired) electrons. The Morgan fingerprint density at radius 3 is 2.88 bits per heavy atom. The van der Waals surface area contributed by atoms with E-state index in [-0.39, 0.29) is 23.5 Å². The van der Waals surface area contributed by atoms with Crippen molar-refractivity contribution in [1.29, 1.82) is 0 Å². The Morgan fingerprint density at radius 2 is 2.17 bits per heavy atom. The second kappa shape index (κ2) is 6.92. The second-order valence-electron chi connectivity index (χ2n) is 5.72.